The van der Waals surface area contributed by atoms with Gasteiger partial charge in [-0.25, -0.2) is 4.79 Å². The van der Waals surface area contributed by atoms with Crippen molar-refractivity contribution >= 4 is 14.0 Å². The largest absolute Gasteiger partial charge is 0.479 e. The third kappa shape index (κ3) is 8.22. The van der Waals surface area contributed by atoms with Crippen LogP contribution < -0.4 is 0 Å². The predicted octanol–water partition coefficient (Wildman–Crippen LogP) is 2.14. The fourth-order valence-electron chi connectivity index (χ4n) is 0.777. The highest BCUT2D eigenvalue weighted by Crippen LogP contribution is 2.11. The Bertz CT molecular complexity index is 286. The molecule has 0 radical (unpaired) electrons. The Morgan fingerprint density at radius 2 is 1.80 bits per heavy atom. The predicted molar refractivity (Wildman–Crippen MR) is 63.4 cm³/mol. The SMILES string of the molecule is CC(C)(C)O[C@@H](C#C[Si](C)(C)C)C(=O)O. The van der Waals surface area contributed by atoms with Crippen LogP contribution in [0.4, 0.5) is 0 Å². The zero-order valence-corrected chi connectivity index (χ0v) is 11.3. The van der Waals surface area contributed by atoms with Gasteiger partial charge >= 0.3 is 5.97 Å². The molecule has 0 aromatic carbocycles. The smallest absolute Gasteiger partial charge is 0.345 e. The summed E-state index contributed by atoms with van der Waals surface area (Å²) in [6.07, 6.45) is -1.02. The standard InChI is InChI=1S/C11H20O3Si/c1-11(2,3)14-9(10(12)13)7-8-15(4,5)6/h9H,1-6H3,(H,12,13)/t9-/m0/s1. The first-order valence-electron chi connectivity index (χ1n) is 4.94. The molecule has 0 aromatic heterocycles. The van der Waals surface area contributed by atoms with Gasteiger partial charge in [0, 0.05) is 0 Å². The molecule has 0 saturated heterocycles. The van der Waals surface area contributed by atoms with Crippen LogP contribution >= 0.6 is 0 Å². The quantitative estimate of drug-likeness (QED) is 0.582. The molecule has 0 aliphatic rings. The highest BCUT2D eigenvalue weighted by molar-refractivity contribution is 6.83. The molecule has 1 atom stereocenters. The third-order valence-corrected chi connectivity index (χ3v) is 2.17. The number of ether oxygens (including phenoxy) is 1. The van der Waals surface area contributed by atoms with Gasteiger partial charge in [0.25, 0.3) is 0 Å². The minimum absolute atomic E-state index is 0.489. The molecule has 86 valence electrons. The number of hydrogen-bond donors (Lipinski definition) is 1. The van der Waals surface area contributed by atoms with Crippen molar-refractivity contribution < 1.29 is 14.6 Å². The van der Waals surface area contributed by atoms with Crippen LogP contribution in [0.2, 0.25) is 19.6 Å². The summed E-state index contributed by atoms with van der Waals surface area (Å²) in [6.45, 7) is 11.7. The highest BCUT2D eigenvalue weighted by Gasteiger charge is 2.23. The number of carbonyl (C=O) groups is 1. The summed E-state index contributed by atoms with van der Waals surface area (Å²) < 4.78 is 5.34. The lowest BCUT2D eigenvalue weighted by Crippen LogP contribution is -2.32. The number of carboxylic acid groups (broad SMARTS) is 1. The maximum absolute atomic E-state index is 10.9. The average molecular weight is 228 g/mol. The van der Waals surface area contributed by atoms with Gasteiger partial charge in [-0.2, -0.15) is 0 Å². The lowest BCUT2D eigenvalue weighted by atomic mass is 10.2. The van der Waals surface area contributed by atoms with Crippen LogP contribution in [-0.4, -0.2) is 30.9 Å². The van der Waals surface area contributed by atoms with E-state index in [9.17, 15) is 4.79 Å². The molecule has 3 nitrogen and oxygen atoms in total. The van der Waals surface area contributed by atoms with Gasteiger partial charge in [-0.15, -0.1) is 5.54 Å². The molecule has 0 unspecified atom stereocenters. The van der Waals surface area contributed by atoms with E-state index < -0.39 is 25.7 Å². The van der Waals surface area contributed by atoms with E-state index in [-0.39, 0.29) is 0 Å². The van der Waals surface area contributed by atoms with E-state index in [1.807, 2.05) is 20.8 Å². The average Bonchev–Trinajstić information content (AvgIpc) is 1.93. The topological polar surface area (TPSA) is 46.5 Å². The molecular formula is C11H20O3Si. The van der Waals surface area contributed by atoms with Gasteiger partial charge < -0.3 is 9.84 Å². The molecule has 0 saturated carbocycles. The van der Waals surface area contributed by atoms with Gasteiger partial charge in [0.05, 0.1) is 5.60 Å². The minimum Gasteiger partial charge on any atom is -0.479 e. The van der Waals surface area contributed by atoms with E-state index in [1.54, 1.807) is 0 Å². The Hall–Kier alpha value is -0.793. The third-order valence-electron chi connectivity index (χ3n) is 1.27. The summed E-state index contributed by atoms with van der Waals surface area (Å²) >= 11 is 0. The molecule has 0 aliphatic heterocycles. The van der Waals surface area contributed by atoms with Crippen molar-refractivity contribution in [2.45, 2.75) is 52.1 Å². The molecule has 0 fully saturated rings. The first-order chi connectivity index (χ1) is 6.51. The van der Waals surface area contributed by atoms with E-state index in [4.69, 9.17) is 9.84 Å². The molecule has 0 heterocycles. The normalized spacial score (nSPS) is 14.0. The van der Waals surface area contributed by atoms with Crippen molar-refractivity contribution in [1.82, 2.24) is 0 Å². The van der Waals surface area contributed by atoms with Gasteiger partial charge in [-0.3, -0.25) is 0 Å². The van der Waals surface area contributed by atoms with E-state index in [2.05, 4.69) is 31.1 Å². The van der Waals surface area contributed by atoms with Crippen molar-refractivity contribution in [2.24, 2.45) is 0 Å². The van der Waals surface area contributed by atoms with Crippen LogP contribution in [-0.2, 0) is 9.53 Å². The number of aliphatic carboxylic acids is 1. The van der Waals surface area contributed by atoms with Crippen molar-refractivity contribution in [3.63, 3.8) is 0 Å². The van der Waals surface area contributed by atoms with E-state index >= 15 is 0 Å². The Balaban J connectivity index is 4.69. The van der Waals surface area contributed by atoms with Crippen LogP contribution in [0.3, 0.4) is 0 Å². The maximum Gasteiger partial charge on any atom is 0.345 e. The van der Waals surface area contributed by atoms with Gasteiger partial charge in [0.1, 0.15) is 8.07 Å². The molecule has 1 N–H and O–H groups in total. The summed E-state index contributed by atoms with van der Waals surface area (Å²) in [7, 11) is -1.55. The molecule has 15 heavy (non-hydrogen) atoms. The van der Waals surface area contributed by atoms with Crippen LogP contribution in [0, 0.1) is 11.5 Å². The summed E-state index contributed by atoms with van der Waals surface area (Å²) in [5.41, 5.74) is 2.52. The number of rotatable bonds is 2. The van der Waals surface area contributed by atoms with Gasteiger partial charge in [-0.1, -0.05) is 25.6 Å². The molecule has 0 bridgehead atoms. The molecule has 4 heteroatoms. The van der Waals surface area contributed by atoms with E-state index in [0.717, 1.165) is 0 Å². The van der Waals surface area contributed by atoms with Gasteiger partial charge in [0.2, 0.25) is 6.10 Å². The first-order valence-corrected chi connectivity index (χ1v) is 8.44. The maximum atomic E-state index is 10.9. The summed E-state index contributed by atoms with van der Waals surface area (Å²) in [4.78, 5) is 10.9. The summed E-state index contributed by atoms with van der Waals surface area (Å²) in [5, 5.41) is 8.92. The van der Waals surface area contributed by atoms with E-state index in [1.165, 1.54) is 0 Å². The minimum atomic E-state index is -1.55. The monoisotopic (exact) mass is 228 g/mol. The Morgan fingerprint density at radius 3 is 2.07 bits per heavy atom. The first kappa shape index (κ1) is 14.2. The Labute approximate surface area is 92.8 Å². The molecule has 0 amide bonds. The number of carboxylic acids is 1. The van der Waals surface area contributed by atoms with Crippen molar-refractivity contribution in [3.05, 3.63) is 0 Å². The zero-order chi connectivity index (χ0) is 12.3. The van der Waals surface area contributed by atoms with Crippen molar-refractivity contribution in [1.29, 1.82) is 0 Å². The molecule has 0 spiro atoms. The lowest BCUT2D eigenvalue weighted by Gasteiger charge is -2.22. The summed E-state index contributed by atoms with van der Waals surface area (Å²) in [5.74, 6) is 1.69. The van der Waals surface area contributed by atoms with Crippen LogP contribution in [0.5, 0.6) is 0 Å². The number of hydrogen-bond acceptors (Lipinski definition) is 2. The molecule has 0 aliphatic carbocycles. The highest BCUT2D eigenvalue weighted by atomic mass is 28.3. The summed E-state index contributed by atoms with van der Waals surface area (Å²) in [6, 6.07) is 0. The van der Waals surface area contributed by atoms with Crippen LogP contribution in [0.25, 0.3) is 0 Å². The second-order valence-corrected chi connectivity index (χ2v) is 10.2. The van der Waals surface area contributed by atoms with Crippen molar-refractivity contribution in [3.8, 4) is 11.5 Å². The second-order valence-electron chi connectivity index (χ2n) is 5.47. The van der Waals surface area contributed by atoms with Gasteiger partial charge in [0.15, 0.2) is 0 Å². The molecular weight excluding hydrogens is 208 g/mol. The van der Waals surface area contributed by atoms with Crippen LogP contribution in [0.1, 0.15) is 20.8 Å². The van der Waals surface area contributed by atoms with E-state index in [0.29, 0.717) is 0 Å². The van der Waals surface area contributed by atoms with Crippen LogP contribution in [0.15, 0.2) is 0 Å². The lowest BCUT2D eigenvalue weighted by molar-refractivity contribution is -0.153. The fraction of sp³-hybridized carbons (Fsp3) is 0.727. The van der Waals surface area contributed by atoms with Gasteiger partial charge in [-0.05, 0) is 20.8 Å². The molecule has 0 aromatic rings. The Kier molecular flexibility index (Phi) is 4.56. The molecule has 0 rings (SSSR count). The van der Waals surface area contributed by atoms with Crippen molar-refractivity contribution in [2.75, 3.05) is 0 Å². The second kappa shape index (κ2) is 4.82. The fourth-order valence-corrected chi connectivity index (χ4v) is 1.34. The Morgan fingerprint density at radius 1 is 1.33 bits per heavy atom. The zero-order valence-electron chi connectivity index (χ0n) is 10.3.